The summed E-state index contributed by atoms with van der Waals surface area (Å²) < 4.78 is 5.80. The zero-order valence-corrected chi connectivity index (χ0v) is 18.1. The number of furan rings is 1. The van der Waals surface area contributed by atoms with Gasteiger partial charge in [-0.15, -0.1) is 0 Å². The fraction of sp³-hybridized carbons (Fsp3) is 0.185. The first-order chi connectivity index (χ1) is 15.7. The van der Waals surface area contributed by atoms with Crippen LogP contribution in [0, 0.1) is 0 Å². The Bertz CT molecular complexity index is 1150. The van der Waals surface area contributed by atoms with E-state index in [2.05, 4.69) is 17.3 Å². The number of hydrogen-bond donors (Lipinski definition) is 0. The van der Waals surface area contributed by atoms with E-state index in [1.807, 2.05) is 83.8 Å². The summed E-state index contributed by atoms with van der Waals surface area (Å²) in [5.74, 6) is 0.523. The lowest BCUT2D eigenvalue weighted by Crippen LogP contribution is -2.35. The molecule has 0 aliphatic carbocycles. The minimum Gasteiger partial charge on any atom is -0.455 e. The van der Waals surface area contributed by atoms with E-state index >= 15 is 0 Å². The highest BCUT2D eigenvalue weighted by Gasteiger charge is 2.15. The highest BCUT2D eigenvalue weighted by molar-refractivity contribution is 5.99. The molecule has 0 bridgehead atoms. The summed E-state index contributed by atoms with van der Waals surface area (Å²) in [4.78, 5) is 20.2. The van der Waals surface area contributed by atoms with E-state index < -0.39 is 0 Å². The van der Waals surface area contributed by atoms with Crippen LogP contribution in [0.3, 0.4) is 0 Å². The van der Waals surface area contributed by atoms with Crippen molar-refractivity contribution < 1.29 is 14.0 Å². The molecule has 32 heavy (non-hydrogen) atoms. The Kier molecular flexibility index (Phi) is 6.98. The quantitative estimate of drug-likeness (QED) is 0.264. The first-order valence-corrected chi connectivity index (χ1v) is 10.7. The van der Waals surface area contributed by atoms with Gasteiger partial charge in [-0.05, 0) is 36.6 Å². The Hall–Kier alpha value is -3.86. The van der Waals surface area contributed by atoms with Crippen molar-refractivity contribution >= 4 is 22.6 Å². The maximum absolute atomic E-state index is 12.9. The lowest BCUT2D eigenvalue weighted by atomic mass is 10.1. The third-order valence-corrected chi connectivity index (χ3v) is 5.25. The molecule has 4 rings (SSSR count). The zero-order valence-electron chi connectivity index (χ0n) is 18.1. The number of rotatable bonds is 9. The summed E-state index contributed by atoms with van der Waals surface area (Å²) in [7, 11) is 0. The Balaban J connectivity index is 1.39. The average molecular weight is 427 g/mol. The van der Waals surface area contributed by atoms with Crippen LogP contribution in [0.5, 0.6) is 0 Å². The van der Waals surface area contributed by atoms with Crippen molar-refractivity contribution in [3.63, 3.8) is 0 Å². The van der Waals surface area contributed by atoms with Crippen LogP contribution >= 0.6 is 0 Å². The van der Waals surface area contributed by atoms with E-state index in [9.17, 15) is 4.79 Å². The van der Waals surface area contributed by atoms with Crippen molar-refractivity contribution in [2.45, 2.75) is 19.9 Å². The van der Waals surface area contributed by atoms with Gasteiger partial charge in [-0.2, -0.15) is 0 Å². The number of benzene rings is 3. The molecule has 1 aromatic heterocycles. The van der Waals surface area contributed by atoms with Crippen molar-refractivity contribution in [2.75, 3.05) is 13.2 Å². The molecule has 4 aromatic rings. The van der Waals surface area contributed by atoms with Crippen LogP contribution in [0.25, 0.3) is 11.0 Å². The van der Waals surface area contributed by atoms with Crippen LogP contribution in [-0.4, -0.2) is 29.7 Å². The summed E-state index contributed by atoms with van der Waals surface area (Å²) in [6.45, 7) is 2.81. The summed E-state index contributed by atoms with van der Waals surface area (Å²) in [5, 5.41) is 5.12. The number of hydrogen-bond acceptors (Lipinski definition) is 4. The van der Waals surface area contributed by atoms with Crippen LogP contribution < -0.4 is 0 Å². The number of carbonyl (C=O) groups is 1. The largest absolute Gasteiger partial charge is 0.455 e. The van der Waals surface area contributed by atoms with Gasteiger partial charge in [0.15, 0.2) is 12.4 Å². The summed E-state index contributed by atoms with van der Waals surface area (Å²) >= 11 is 0. The molecule has 1 amide bonds. The molecule has 0 radical (unpaired) electrons. The smallest absolute Gasteiger partial charge is 0.263 e. The normalized spacial score (nSPS) is 11.5. The first-order valence-electron chi connectivity index (χ1n) is 10.7. The first kappa shape index (κ1) is 21.4. The number of amides is 1. The summed E-state index contributed by atoms with van der Waals surface area (Å²) in [6.07, 6.45) is 0.778. The van der Waals surface area contributed by atoms with Gasteiger partial charge in [0, 0.05) is 18.5 Å². The molecule has 0 saturated heterocycles. The molecule has 0 aliphatic heterocycles. The van der Waals surface area contributed by atoms with Gasteiger partial charge in [0.05, 0.1) is 0 Å². The molecule has 0 N–H and O–H groups in total. The Morgan fingerprint density at radius 2 is 1.56 bits per heavy atom. The van der Waals surface area contributed by atoms with E-state index in [4.69, 9.17) is 9.25 Å². The highest BCUT2D eigenvalue weighted by Crippen LogP contribution is 2.19. The van der Waals surface area contributed by atoms with E-state index in [0.29, 0.717) is 24.6 Å². The molecule has 0 unspecified atom stereocenters. The van der Waals surface area contributed by atoms with Gasteiger partial charge in [-0.25, -0.2) is 0 Å². The predicted molar refractivity (Wildman–Crippen MR) is 126 cm³/mol. The standard InChI is InChI=1S/C27H26N2O3/c1-21(26-18-24-14-8-9-15-25(24)32-26)28-31-20-27(30)29(19-23-12-6-3-7-13-23)17-16-22-10-4-2-5-11-22/h2-15,18H,16-17,19-20H2,1H3/b28-21+. The van der Waals surface area contributed by atoms with Crippen LogP contribution in [0.4, 0.5) is 0 Å². The SMILES string of the molecule is C/C(=N\OCC(=O)N(CCc1ccccc1)Cc1ccccc1)c1cc2ccccc2o1. The second-order valence-corrected chi connectivity index (χ2v) is 7.64. The third kappa shape index (κ3) is 5.64. The maximum Gasteiger partial charge on any atom is 0.263 e. The van der Waals surface area contributed by atoms with Gasteiger partial charge in [-0.1, -0.05) is 84.0 Å². The number of oxime groups is 1. The van der Waals surface area contributed by atoms with Crippen molar-refractivity contribution in [3.8, 4) is 0 Å². The topological polar surface area (TPSA) is 55.0 Å². The molecular formula is C27H26N2O3. The summed E-state index contributed by atoms with van der Waals surface area (Å²) in [6, 6.07) is 29.8. The molecule has 0 atom stereocenters. The van der Waals surface area contributed by atoms with Gasteiger partial charge in [0.2, 0.25) is 0 Å². The summed E-state index contributed by atoms with van der Waals surface area (Å²) in [5.41, 5.74) is 3.66. The van der Waals surface area contributed by atoms with Gasteiger partial charge < -0.3 is 14.2 Å². The monoisotopic (exact) mass is 426 g/mol. The molecule has 162 valence electrons. The minimum atomic E-state index is -0.126. The number of nitrogens with zero attached hydrogens (tertiary/aromatic N) is 2. The number of carbonyl (C=O) groups excluding carboxylic acids is 1. The predicted octanol–water partition coefficient (Wildman–Crippen LogP) is 5.44. The van der Waals surface area contributed by atoms with Gasteiger partial charge in [0.1, 0.15) is 11.3 Å². The zero-order chi connectivity index (χ0) is 22.2. The molecule has 0 aliphatic rings. The maximum atomic E-state index is 12.9. The van der Waals surface area contributed by atoms with Gasteiger partial charge in [-0.3, -0.25) is 4.79 Å². The second-order valence-electron chi connectivity index (χ2n) is 7.64. The Morgan fingerprint density at radius 1 is 0.906 bits per heavy atom. The lowest BCUT2D eigenvalue weighted by Gasteiger charge is -2.22. The number of fused-ring (bicyclic) bond motifs is 1. The van der Waals surface area contributed by atoms with Gasteiger partial charge in [0.25, 0.3) is 5.91 Å². The molecule has 5 heteroatoms. The molecule has 3 aromatic carbocycles. The molecule has 0 saturated carbocycles. The molecular weight excluding hydrogens is 400 g/mol. The van der Waals surface area contributed by atoms with E-state index in [0.717, 1.165) is 23.0 Å². The van der Waals surface area contributed by atoms with Crippen molar-refractivity contribution in [1.82, 2.24) is 4.90 Å². The van der Waals surface area contributed by atoms with Crippen LogP contribution in [0.2, 0.25) is 0 Å². The highest BCUT2D eigenvalue weighted by atomic mass is 16.6. The Morgan fingerprint density at radius 3 is 2.28 bits per heavy atom. The van der Waals surface area contributed by atoms with Crippen molar-refractivity contribution in [1.29, 1.82) is 0 Å². The molecule has 0 spiro atoms. The van der Waals surface area contributed by atoms with Crippen LogP contribution in [0.1, 0.15) is 23.8 Å². The van der Waals surface area contributed by atoms with E-state index in [1.165, 1.54) is 5.56 Å². The average Bonchev–Trinajstić information content (AvgIpc) is 3.27. The van der Waals surface area contributed by atoms with Crippen LogP contribution in [-0.2, 0) is 22.6 Å². The second kappa shape index (κ2) is 10.4. The van der Waals surface area contributed by atoms with Crippen molar-refractivity contribution in [3.05, 3.63) is 108 Å². The molecule has 5 nitrogen and oxygen atoms in total. The van der Waals surface area contributed by atoms with Gasteiger partial charge >= 0.3 is 0 Å². The fourth-order valence-electron chi connectivity index (χ4n) is 3.49. The minimum absolute atomic E-state index is 0.106. The molecule has 0 fully saturated rings. The molecule has 1 heterocycles. The van der Waals surface area contributed by atoms with Crippen molar-refractivity contribution in [2.24, 2.45) is 5.16 Å². The Labute approximate surface area is 187 Å². The van der Waals surface area contributed by atoms with E-state index in [1.54, 1.807) is 6.92 Å². The lowest BCUT2D eigenvalue weighted by molar-refractivity contribution is -0.136. The van der Waals surface area contributed by atoms with E-state index in [-0.39, 0.29) is 12.5 Å². The third-order valence-electron chi connectivity index (χ3n) is 5.25. The fourth-order valence-corrected chi connectivity index (χ4v) is 3.49. The number of para-hydroxylation sites is 1. The van der Waals surface area contributed by atoms with Crippen LogP contribution in [0.15, 0.2) is 101 Å².